The average Bonchev–Trinajstić information content (AvgIpc) is 2.60. The number of carbonyl (C=O) groups excluding carboxylic acids is 1. The van der Waals surface area contributed by atoms with Gasteiger partial charge in [-0.25, -0.2) is 4.98 Å². The third-order valence-corrected chi connectivity index (χ3v) is 4.05. The van der Waals surface area contributed by atoms with Gasteiger partial charge in [0.2, 0.25) is 5.56 Å². The summed E-state index contributed by atoms with van der Waals surface area (Å²) >= 11 is 0. The standard InChI is InChI=1S/C18H22N4O3/c1-12-10-22(11-13(2)25-12)16-5-3-14(7-19-16)8-21-18(24)15-4-6-17(23)20-9-15/h3-7,9,12-13H,8,10-11H2,1-2H3,(H,20,23)(H,21,24)/t12-,13-/m1/s1. The van der Waals surface area contributed by atoms with Gasteiger partial charge in [0.25, 0.3) is 5.91 Å². The lowest BCUT2D eigenvalue weighted by Crippen LogP contribution is -2.45. The van der Waals surface area contributed by atoms with Gasteiger partial charge in [0.05, 0.1) is 17.8 Å². The Balaban J connectivity index is 1.58. The molecule has 7 nitrogen and oxygen atoms in total. The maximum Gasteiger partial charge on any atom is 0.253 e. The van der Waals surface area contributed by atoms with Crippen LogP contribution in [0.5, 0.6) is 0 Å². The van der Waals surface area contributed by atoms with Crippen LogP contribution in [0.3, 0.4) is 0 Å². The van der Waals surface area contributed by atoms with Gasteiger partial charge in [0.15, 0.2) is 0 Å². The smallest absolute Gasteiger partial charge is 0.253 e. The van der Waals surface area contributed by atoms with Crippen molar-refractivity contribution in [2.45, 2.75) is 32.6 Å². The molecule has 1 aliphatic heterocycles. The van der Waals surface area contributed by atoms with Crippen LogP contribution in [0.2, 0.25) is 0 Å². The molecule has 0 spiro atoms. The number of rotatable bonds is 4. The zero-order chi connectivity index (χ0) is 17.8. The highest BCUT2D eigenvalue weighted by molar-refractivity contribution is 5.93. The summed E-state index contributed by atoms with van der Waals surface area (Å²) < 4.78 is 5.74. The van der Waals surface area contributed by atoms with Crippen LogP contribution in [0.15, 0.2) is 41.5 Å². The molecule has 1 saturated heterocycles. The summed E-state index contributed by atoms with van der Waals surface area (Å²) in [4.78, 5) is 32.3. The van der Waals surface area contributed by atoms with E-state index >= 15 is 0 Å². The minimum absolute atomic E-state index is 0.182. The fourth-order valence-electron chi connectivity index (χ4n) is 2.91. The Kier molecular flexibility index (Phi) is 5.14. The van der Waals surface area contributed by atoms with Crippen LogP contribution in [0.1, 0.15) is 29.8 Å². The molecular formula is C18H22N4O3. The van der Waals surface area contributed by atoms with Gasteiger partial charge in [0, 0.05) is 38.1 Å². The van der Waals surface area contributed by atoms with Gasteiger partial charge in [-0.2, -0.15) is 0 Å². The number of amides is 1. The van der Waals surface area contributed by atoms with E-state index in [1.54, 1.807) is 6.20 Å². The van der Waals surface area contributed by atoms with Gasteiger partial charge < -0.3 is 19.9 Å². The van der Waals surface area contributed by atoms with Crippen LogP contribution in [0.25, 0.3) is 0 Å². The molecule has 132 valence electrons. The van der Waals surface area contributed by atoms with E-state index in [0.717, 1.165) is 24.5 Å². The van der Waals surface area contributed by atoms with Crippen molar-refractivity contribution in [2.24, 2.45) is 0 Å². The normalized spacial score (nSPS) is 20.3. The lowest BCUT2D eigenvalue weighted by Gasteiger charge is -2.36. The molecule has 3 heterocycles. The summed E-state index contributed by atoms with van der Waals surface area (Å²) in [6.45, 7) is 6.13. The van der Waals surface area contributed by atoms with Gasteiger partial charge in [-0.1, -0.05) is 6.07 Å². The zero-order valence-corrected chi connectivity index (χ0v) is 14.4. The van der Waals surface area contributed by atoms with Gasteiger partial charge >= 0.3 is 0 Å². The summed E-state index contributed by atoms with van der Waals surface area (Å²) in [6.07, 6.45) is 3.54. The minimum Gasteiger partial charge on any atom is -0.372 e. The molecule has 0 radical (unpaired) electrons. The van der Waals surface area contributed by atoms with E-state index in [9.17, 15) is 9.59 Å². The highest BCUT2D eigenvalue weighted by Gasteiger charge is 2.22. The Morgan fingerprint density at radius 3 is 2.64 bits per heavy atom. The first-order valence-corrected chi connectivity index (χ1v) is 8.33. The van der Waals surface area contributed by atoms with E-state index in [0.29, 0.717) is 12.1 Å². The van der Waals surface area contributed by atoms with Crippen LogP contribution in [-0.2, 0) is 11.3 Å². The second kappa shape index (κ2) is 7.48. The molecule has 0 aliphatic carbocycles. The number of morpholine rings is 1. The van der Waals surface area contributed by atoms with Gasteiger partial charge in [-0.05, 0) is 31.5 Å². The molecule has 2 N–H and O–H groups in total. The van der Waals surface area contributed by atoms with E-state index in [1.165, 1.54) is 18.3 Å². The van der Waals surface area contributed by atoms with E-state index in [4.69, 9.17) is 4.74 Å². The van der Waals surface area contributed by atoms with Gasteiger partial charge in [-0.15, -0.1) is 0 Å². The SMILES string of the molecule is C[C@@H]1CN(c2ccc(CNC(=O)c3ccc(=O)[nH]c3)cn2)C[C@@H](C)O1. The van der Waals surface area contributed by atoms with Crippen molar-refractivity contribution < 1.29 is 9.53 Å². The van der Waals surface area contributed by atoms with Crippen LogP contribution in [-0.4, -0.2) is 41.2 Å². The first-order valence-electron chi connectivity index (χ1n) is 8.33. The summed E-state index contributed by atoms with van der Waals surface area (Å²) in [5.74, 6) is 0.675. The third kappa shape index (κ3) is 4.45. The number of nitrogens with one attached hydrogen (secondary N) is 2. The van der Waals surface area contributed by atoms with Crippen molar-refractivity contribution in [2.75, 3.05) is 18.0 Å². The monoisotopic (exact) mass is 342 g/mol. The molecule has 1 amide bonds. The predicted octanol–water partition coefficient (Wildman–Crippen LogP) is 1.31. The fourth-order valence-corrected chi connectivity index (χ4v) is 2.91. The van der Waals surface area contributed by atoms with Crippen molar-refractivity contribution in [1.29, 1.82) is 0 Å². The van der Waals surface area contributed by atoms with E-state index in [-0.39, 0.29) is 23.7 Å². The number of hydrogen-bond donors (Lipinski definition) is 2. The Morgan fingerprint density at radius 1 is 1.28 bits per heavy atom. The molecule has 1 fully saturated rings. The number of nitrogens with zero attached hydrogens (tertiary/aromatic N) is 2. The highest BCUT2D eigenvalue weighted by Crippen LogP contribution is 2.18. The van der Waals surface area contributed by atoms with Crippen molar-refractivity contribution in [3.8, 4) is 0 Å². The van der Waals surface area contributed by atoms with E-state index in [2.05, 4.69) is 34.0 Å². The number of aromatic amines is 1. The summed E-state index contributed by atoms with van der Waals surface area (Å²) in [5.41, 5.74) is 1.10. The van der Waals surface area contributed by atoms with Crippen LogP contribution >= 0.6 is 0 Å². The number of pyridine rings is 2. The maximum absolute atomic E-state index is 12.0. The Morgan fingerprint density at radius 2 is 2.04 bits per heavy atom. The van der Waals surface area contributed by atoms with Crippen molar-refractivity contribution in [1.82, 2.24) is 15.3 Å². The number of H-pyrrole nitrogens is 1. The molecule has 3 rings (SSSR count). The first kappa shape index (κ1) is 17.2. The molecule has 0 unspecified atom stereocenters. The second-order valence-corrected chi connectivity index (χ2v) is 6.31. The molecule has 2 aromatic heterocycles. The number of ether oxygens (including phenoxy) is 1. The number of aromatic nitrogens is 2. The Labute approximate surface area is 146 Å². The van der Waals surface area contributed by atoms with Crippen molar-refractivity contribution in [3.63, 3.8) is 0 Å². The summed E-state index contributed by atoms with van der Waals surface area (Å²) in [6, 6.07) is 6.75. The first-order chi connectivity index (χ1) is 12.0. The van der Waals surface area contributed by atoms with Gasteiger partial charge in [0.1, 0.15) is 5.82 Å². The number of carbonyl (C=O) groups is 1. The maximum atomic E-state index is 12.0. The van der Waals surface area contributed by atoms with Gasteiger partial charge in [-0.3, -0.25) is 9.59 Å². The lowest BCUT2D eigenvalue weighted by molar-refractivity contribution is -0.00546. The largest absolute Gasteiger partial charge is 0.372 e. The Hall–Kier alpha value is -2.67. The molecule has 0 aromatic carbocycles. The van der Waals surface area contributed by atoms with Crippen molar-refractivity contribution in [3.05, 3.63) is 58.1 Å². The van der Waals surface area contributed by atoms with Crippen LogP contribution in [0.4, 0.5) is 5.82 Å². The quantitative estimate of drug-likeness (QED) is 0.875. The highest BCUT2D eigenvalue weighted by atomic mass is 16.5. The minimum atomic E-state index is -0.240. The molecule has 7 heteroatoms. The molecule has 2 atom stereocenters. The molecular weight excluding hydrogens is 320 g/mol. The molecule has 2 aromatic rings. The topological polar surface area (TPSA) is 87.3 Å². The lowest BCUT2D eigenvalue weighted by atomic mass is 10.2. The third-order valence-electron chi connectivity index (χ3n) is 4.05. The number of hydrogen-bond acceptors (Lipinski definition) is 5. The van der Waals surface area contributed by atoms with E-state index < -0.39 is 0 Å². The van der Waals surface area contributed by atoms with Crippen LogP contribution in [0, 0.1) is 0 Å². The average molecular weight is 342 g/mol. The van der Waals surface area contributed by atoms with Crippen LogP contribution < -0.4 is 15.8 Å². The summed E-state index contributed by atoms with van der Waals surface area (Å²) in [7, 11) is 0. The summed E-state index contributed by atoms with van der Waals surface area (Å²) in [5, 5.41) is 2.81. The molecule has 0 saturated carbocycles. The molecule has 25 heavy (non-hydrogen) atoms. The Bertz CT molecular complexity index is 757. The molecule has 0 bridgehead atoms. The van der Waals surface area contributed by atoms with E-state index in [1.807, 2.05) is 12.1 Å². The predicted molar refractivity (Wildman–Crippen MR) is 94.7 cm³/mol. The van der Waals surface area contributed by atoms with Crippen molar-refractivity contribution >= 4 is 11.7 Å². The zero-order valence-electron chi connectivity index (χ0n) is 14.4. The second-order valence-electron chi connectivity index (χ2n) is 6.31. The number of anilines is 1. The molecule has 1 aliphatic rings. The fraction of sp³-hybridized carbons (Fsp3) is 0.389.